The molecule has 5 heteroatoms. The number of amides is 1. The summed E-state index contributed by atoms with van der Waals surface area (Å²) in [7, 11) is 0. The Morgan fingerprint density at radius 3 is 2.67 bits per heavy atom. The molecule has 21 heavy (non-hydrogen) atoms. The highest BCUT2D eigenvalue weighted by molar-refractivity contribution is 5.99. The van der Waals surface area contributed by atoms with Crippen molar-refractivity contribution in [2.45, 2.75) is 20.8 Å². The lowest BCUT2D eigenvalue weighted by Gasteiger charge is -2.16. The lowest BCUT2D eigenvalue weighted by atomic mass is 9.98. The predicted molar refractivity (Wildman–Crippen MR) is 85.9 cm³/mol. The number of pyridine rings is 1. The van der Waals surface area contributed by atoms with Crippen LogP contribution >= 0.6 is 0 Å². The minimum atomic E-state index is -0.176. The van der Waals surface area contributed by atoms with Crippen LogP contribution < -0.4 is 16.6 Å². The normalized spacial score (nSPS) is 12.4. The van der Waals surface area contributed by atoms with Crippen LogP contribution in [-0.2, 0) is 0 Å². The number of nitrogens with one attached hydrogen (secondary N) is 2. The monoisotopic (exact) mass is 286 g/mol. The molecule has 1 unspecified atom stereocenters. The maximum absolute atomic E-state index is 12.2. The summed E-state index contributed by atoms with van der Waals surface area (Å²) in [6.07, 6.45) is 0. The number of aromatic nitrogens is 1. The SMILES string of the molecule is CC(C)C(C)CNC(=O)c1cc(NN)c2ccccc2n1. The summed E-state index contributed by atoms with van der Waals surface area (Å²) in [6, 6.07) is 9.26. The van der Waals surface area contributed by atoms with E-state index in [9.17, 15) is 4.79 Å². The van der Waals surface area contributed by atoms with Crippen LogP contribution in [0.4, 0.5) is 5.69 Å². The third-order valence-electron chi connectivity index (χ3n) is 3.83. The number of carbonyl (C=O) groups excluding carboxylic acids is 1. The number of para-hydroxylation sites is 1. The van der Waals surface area contributed by atoms with Crippen molar-refractivity contribution >= 4 is 22.5 Å². The molecule has 0 aliphatic rings. The number of hydrogen-bond acceptors (Lipinski definition) is 4. The molecule has 2 aromatic rings. The summed E-state index contributed by atoms with van der Waals surface area (Å²) < 4.78 is 0. The van der Waals surface area contributed by atoms with Gasteiger partial charge in [0.25, 0.3) is 5.91 Å². The number of hydrazine groups is 1. The van der Waals surface area contributed by atoms with Gasteiger partial charge >= 0.3 is 0 Å². The Morgan fingerprint density at radius 2 is 2.00 bits per heavy atom. The van der Waals surface area contributed by atoms with E-state index in [-0.39, 0.29) is 5.91 Å². The van der Waals surface area contributed by atoms with E-state index in [1.54, 1.807) is 6.07 Å². The molecular weight excluding hydrogens is 264 g/mol. The quantitative estimate of drug-likeness (QED) is 0.583. The molecule has 0 bridgehead atoms. The van der Waals surface area contributed by atoms with Crippen LogP contribution in [0.3, 0.4) is 0 Å². The standard InChI is InChI=1S/C16H22N4O/c1-10(2)11(3)9-18-16(21)15-8-14(20-17)12-6-4-5-7-13(12)19-15/h4-8,10-11H,9,17H2,1-3H3,(H,18,21)(H,19,20). The minimum Gasteiger partial charge on any atom is -0.350 e. The van der Waals surface area contributed by atoms with Gasteiger partial charge in [-0.25, -0.2) is 4.98 Å². The number of carbonyl (C=O) groups is 1. The fraction of sp³-hybridized carbons (Fsp3) is 0.375. The zero-order chi connectivity index (χ0) is 15.4. The highest BCUT2D eigenvalue weighted by atomic mass is 16.1. The van der Waals surface area contributed by atoms with Gasteiger partial charge in [-0.2, -0.15) is 0 Å². The summed E-state index contributed by atoms with van der Waals surface area (Å²) in [4.78, 5) is 16.6. The average molecular weight is 286 g/mol. The highest BCUT2D eigenvalue weighted by Gasteiger charge is 2.13. The maximum atomic E-state index is 12.2. The largest absolute Gasteiger partial charge is 0.350 e. The Morgan fingerprint density at radius 1 is 1.29 bits per heavy atom. The number of nitrogen functional groups attached to an aromatic ring is 1. The van der Waals surface area contributed by atoms with Crippen molar-refractivity contribution < 1.29 is 4.79 Å². The molecule has 1 heterocycles. The summed E-state index contributed by atoms with van der Waals surface area (Å²) in [5.41, 5.74) is 4.44. The summed E-state index contributed by atoms with van der Waals surface area (Å²) in [5.74, 6) is 6.30. The average Bonchev–Trinajstić information content (AvgIpc) is 2.50. The van der Waals surface area contributed by atoms with Gasteiger partial charge in [-0.05, 0) is 24.0 Å². The first-order valence-electron chi connectivity index (χ1n) is 7.17. The van der Waals surface area contributed by atoms with Crippen LogP contribution in [0.5, 0.6) is 0 Å². The van der Waals surface area contributed by atoms with Crippen molar-refractivity contribution in [3.63, 3.8) is 0 Å². The highest BCUT2D eigenvalue weighted by Crippen LogP contribution is 2.22. The van der Waals surface area contributed by atoms with E-state index in [4.69, 9.17) is 5.84 Å². The third-order valence-corrected chi connectivity index (χ3v) is 3.83. The van der Waals surface area contributed by atoms with Gasteiger partial charge in [0.2, 0.25) is 0 Å². The molecule has 4 N–H and O–H groups in total. The molecule has 0 fully saturated rings. The Labute approximate surface area is 124 Å². The molecule has 0 spiro atoms. The molecule has 0 radical (unpaired) electrons. The molecule has 112 valence electrons. The van der Waals surface area contributed by atoms with Gasteiger partial charge in [0.1, 0.15) is 5.69 Å². The van der Waals surface area contributed by atoms with Gasteiger partial charge in [0, 0.05) is 11.9 Å². The van der Waals surface area contributed by atoms with E-state index < -0.39 is 0 Å². The summed E-state index contributed by atoms with van der Waals surface area (Å²) in [6.45, 7) is 7.03. The van der Waals surface area contributed by atoms with Crippen molar-refractivity contribution in [3.8, 4) is 0 Å². The van der Waals surface area contributed by atoms with Gasteiger partial charge in [0.15, 0.2) is 0 Å². The van der Waals surface area contributed by atoms with Gasteiger partial charge in [-0.3, -0.25) is 10.6 Å². The lowest BCUT2D eigenvalue weighted by Crippen LogP contribution is -2.30. The number of anilines is 1. The molecule has 1 amide bonds. The molecule has 1 atom stereocenters. The molecule has 0 aliphatic heterocycles. The van der Waals surface area contributed by atoms with Gasteiger partial charge in [-0.1, -0.05) is 39.0 Å². The number of benzene rings is 1. The van der Waals surface area contributed by atoms with Crippen molar-refractivity contribution in [1.82, 2.24) is 10.3 Å². The fourth-order valence-electron chi connectivity index (χ4n) is 1.99. The molecule has 1 aromatic heterocycles. The van der Waals surface area contributed by atoms with Crippen LogP contribution in [0.25, 0.3) is 10.9 Å². The second-order valence-corrected chi connectivity index (χ2v) is 5.65. The third kappa shape index (κ3) is 3.49. The molecule has 1 aromatic carbocycles. The second-order valence-electron chi connectivity index (χ2n) is 5.65. The van der Waals surface area contributed by atoms with Crippen molar-refractivity contribution in [3.05, 3.63) is 36.0 Å². The van der Waals surface area contributed by atoms with E-state index in [0.29, 0.717) is 29.8 Å². The number of hydrogen-bond donors (Lipinski definition) is 3. The smallest absolute Gasteiger partial charge is 0.269 e. The second kappa shape index (κ2) is 6.54. The Kier molecular flexibility index (Phi) is 4.75. The number of nitrogens with two attached hydrogens (primary N) is 1. The molecule has 0 saturated carbocycles. The lowest BCUT2D eigenvalue weighted by molar-refractivity contribution is 0.0940. The van der Waals surface area contributed by atoms with Crippen LogP contribution in [0.2, 0.25) is 0 Å². The molecular formula is C16H22N4O. The zero-order valence-electron chi connectivity index (χ0n) is 12.7. The van der Waals surface area contributed by atoms with Crippen LogP contribution in [-0.4, -0.2) is 17.4 Å². The number of rotatable bonds is 5. The van der Waals surface area contributed by atoms with E-state index >= 15 is 0 Å². The van der Waals surface area contributed by atoms with Gasteiger partial charge in [0.05, 0.1) is 11.2 Å². The van der Waals surface area contributed by atoms with Crippen LogP contribution in [0.15, 0.2) is 30.3 Å². The fourth-order valence-corrected chi connectivity index (χ4v) is 1.99. The maximum Gasteiger partial charge on any atom is 0.269 e. The zero-order valence-corrected chi connectivity index (χ0v) is 12.7. The van der Waals surface area contributed by atoms with Crippen LogP contribution in [0.1, 0.15) is 31.3 Å². The van der Waals surface area contributed by atoms with Gasteiger partial charge < -0.3 is 10.7 Å². The predicted octanol–water partition coefficient (Wildman–Crippen LogP) is 2.54. The molecule has 5 nitrogen and oxygen atoms in total. The van der Waals surface area contributed by atoms with E-state index in [0.717, 1.165) is 10.9 Å². The topological polar surface area (TPSA) is 80.0 Å². The number of nitrogens with zero attached hydrogens (tertiary/aromatic N) is 1. The van der Waals surface area contributed by atoms with Crippen LogP contribution in [0, 0.1) is 11.8 Å². The van der Waals surface area contributed by atoms with Gasteiger partial charge in [-0.15, -0.1) is 0 Å². The van der Waals surface area contributed by atoms with E-state index in [1.165, 1.54) is 0 Å². The Balaban J connectivity index is 2.23. The summed E-state index contributed by atoms with van der Waals surface area (Å²) in [5, 5.41) is 3.82. The minimum absolute atomic E-state index is 0.176. The van der Waals surface area contributed by atoms with Crippen molar-refractivity contribution in [2.24, 2.45) is 17.7 Å². The van der Waals surface area contributed by atoms with Crippen molar-refractivity contribution in [1.29, 1.82) is 0 Å². The van der Waals surface area contributed by atoms with E-state index in [1.807, 2.05) is 24.3 Å². The first-order valence-corrected chi connectivity index (χ1v) is 7.17. The first kappa shape index (κ1) is 15.3. The van der Waals surface area contributed by atoms with E-state index in [2.05, 4.69) is 36.5 Å². The number of fused-ring (bicyclic) bond motifs is 1. The summed E-state index contributed by atoms with van der Waals surface area (Å²) >= 11 is 0. The Hall–Kier alpha value is -2.14. The van der Waals surface area contributed by atoms with Crippen molar-refractivity contribution in [2.75, 3.05) is 12.0 Å². The first-order chi connectivity index (χ1) is 10.0. The molecule has 0 aliphatic carbocycles. The molecule has 0 saturated heterocycles. The Bertz CT molecular complexity index is 639. The molecule has 2 rings (SSSR count).